The highest BCUT2D eigenvalue weighted by Gasteiger charge is 2.23. The number of rotatable bonds is 6. The van der Waals surface area contributed by atoms with Crippen LogP contribution in [0, 0.1) is 0 Å². The minimum absolute atomic E-state index is 0.0213. The summed E-state index contributed by atoms with van der Waals surface area (Å²) >= 11 is 0. The number of hydrogen-bond acceptors (Lipinski definition) is 9. The summed E-state index contributed by atoms with van der Waals surface area (Å²) < 4.78 is 23.1. The Balaban J connectivity index is 1.84. The number of anilines is 3. The predicted molar refractivity (Wildman–Crippen MR) is 105 cm³/mol. The second-order valence-electron chi connectivity index (χ2n) is 6.83. The van der Waals surface area contributed by atoms with Gasteiger partial charge in [-0.25, -0.2) is 13.4 Å². The minimum Gasteiger partial charge on any atom is -0.364 e. The van der Waals surface area contributed by atoms with Gasteiger partial charge in [0.15, 0.2) is 21.3 Å². The number of carbonyl (C=O) groups excluding carboxylic acids is 1. The Bertz CT molecular complexity index is 963. The maximum atomic E-state index is 11.7. The molecule has 2 atom stereocenters. The molecule has 3 rings (SSSR count). The van der Waals surface area contributed by atoms with E-state index in [1.54, 1.807) is 6.07 Å². The van der Waals surface area contributed by atoms with Gasteiger partial charge in [0.05, 0.1) is 10.6 Å². The number of sulfone groups is 1. The summed E-state index contributed by atoms with van der Waals surface area (Å²) in [6.45, 7) is 0. The van der Waals surface area contributed by atoms with Crippen molar-refractivity contribution in [3.8, 4) is 0 Å². The van der Waals surface area contributed by atoms with Crippen LogP contribution in [0.4, 0.5) is 17.3 Å². The average molecular weight is 405 g/mol. The maximum absolute atomic E-state index is 11.7. The Kier molecular flexibility index (Phi) is 5.75. The third kappa shape index (κ3) is 4.73. The smallest absolute Gasteiger partial charge is 0.271 e. The zero-order valence-electron chi connectivity index (χ0n) is 15.4. The van der Waals surface area contributed by atoms with Gasteiger partial charge < -0.3 is 22.1 Å². The molecule has 0 aromatic carbocycles. The lowest BCUT2D eigenvalue weighted by atomic mass is 9.91. The van der Waals surface area contributed by atoms with Crippen LogP contribution in [-0.4, -0.2) is 47.8 Å². The van der Waals surface area contributed by atoms with Crippen molar-refractivity contribution in [3.63, 3.8) is 0 Å². The number of carbonyl (C=O) groups is 1. The van der Waals surface area contributed by atoms with Crippen molar-refractivity contribution in [3.05, 3.63) is 30.1 Å². The van der Waals surface area contributed by atoms with E-state index in [9.17, 15) is 13.2 Å². The Labute approximate surface area is 163 Å². The molecule has 0 bridgehead atoms. The summed E-state index contributed by atoms with van der Waals surface area (Å²) in [6, 6.07) is 4.62. The van der Waals surface area contributed by atoms with E-state index in [2.05, 4.69) is 25.8 Å². The lowest BCUT2D eigenvalue weighted by Gasteiger charge is -2.29. The zero-order valence-corrected chi connectivity index (χ0v) is 16.2. The van der Waals surface area contributed by atoms with Gasteiger partial charge in [0.2, 0.25) is 0 Å². The number of amides is 1. The first-order valence-electron chi connectivity index (χ1n) is 8.87. The van der Waals surface area contributed by atoms with Crippen LogP contribution in [0.5, 0.6) is 0 Å². The van der Waals surface area contributed by atoms with E-state index >= 15 is 0 Å². The van der Waals surface area contributed by atoms with E-state index < -0.39 is 15.7 Å². The standard InChI is InChI=1S/C17H23N7O3S/c1-28(26,27)10-6-7-14(20-9-10)22-13-8-15(23-24-16(13)17(19)25)21-12-5-3-2-4-11(12)18/h6-9,11-12H,2-5,18H2,1H3,(H2,19,25)(H2,20,21,22,23). The van der Waals surface area contributed by atoms with E-state index in [1.165, 1.54) is 18.3 Å². The largest absolute Gasteiger partial charge is 0.364 e. The minimum atomic E-state index is -3.35. The summed E-state index contributed by atoms with van der Waals surface area (Å²) in [4.78, 5) is 15.9. The molecule has 0 spiro atoms. The fraction of sp³-hybridized carbons (Fsp3) is 0.412. The van der Waals surface area contributed by atoms with Crippen molar-refractivity contribution in [2.45, 2.75) is 42.7 Å². The van der Waals surface area contributed by atoms with Crippen LogP contribution < -0.4 is 22.1 Å². The van der Waals surface area contributed by atoms with E-state index in [0.717, 1.165) is 31.9 Å². The molecule has 1 saturated carbocycles. The molecule has 2 aromatic heterocycles. The Morgan fingerprint density at radius 1 is 1.18 bits per heavy atom. The second-order valence-corrected chi connectivity index (χ2v) is 8.85. The molecule has 2 aromatic rings. The fourth-order valence-electron chi connectivity index (χ4n) is 3.08. The molecule has 1 aliphatic carbocycles. The highest BCUT2D eigenvalue weighted by molar-refractivity contribution is 7.90. The number of aromatic nitrogens is 3. The molecule has 1 amide bonds. The van der Waals surface area contributed by atoms with Gasteiger partial charge in [-0.3, -0.25) is 4.79 Å². The van der Waals surface area contributed by atoms with Gasteiger partial charge >= 0.3 is 0 Å². The maximum Gasteiger partial charge on any atom is 0.271 e. The SMILES string of the molecule is CS(=O)(=O)c1ccc(Nc2cc(NC3CCCCC3N)nnc2C(N)=O)nc1. The molecule has 10 nitrogen and oxygen atoms in total. The van der Waals surface area contributed by atoms with E-state index in [0.29, 0.717) is 17.3 Å². The lowest BCUT2D eigenvalue weighted by molar-refractivity contribution is 0.0995. The summed E-state index contributed by atoms with van der Waals surface area (Å²) in [5.41, 5.74) is 11.8. The van der Waals surface area contributed by atoms with Gasteiger partial charge in [-0.1, -0.05) is 12.8 Å². The molecule has 0 aliphatic heterocycles. The molecule has 2 heterocycles. The van der Waals surface area contributed by atoms with Crippen molar-refractivity contribution in [1.82, 2.24) is 15.2 Å². The average Bonchev–Trinajstić information content (AvgIpc) is 2.63. The van der Waals surface area contributed by atoms with Crippen molar-refractivity contribution in [2.24, 2.45) is 11.5 Å². The van der Waals surface area contributed by atoms with Crippen LogP contribution in [0.25, 0.3) is 0 Å². The molecular weight excluding hydrogens is 382 g/mol. The molecule has 0 saturated heterocycles. The molecule has 2 unspecified atom stereocenters. The van der Waals surface area contributed by atoms with Crippen LogP contribution in [0.15, 0.2) is 29.3 Å². The summed E-state index contributed by atoms with van der Waals surface area (Å²) in [6.07, 6.45) is 6.39. The fourth-order valence-corrected chi connectivity index (χ4v) is 3.64. The number of nitrogens with one attached hydrogen (secondary N) is 2. The third-order valence-corrected chi connectivity index (χ3v) is 5.71. The third-order valence-electron chi connectivity index (χ3n) is 4.61. The topological polar surface area (TPSA) is 166 Å². The van der Waals surface area contributed by atoms with E-state index in [1.807, 2.05) is 0 Å². The monoisotopic (exact) mass is 405 g/mol. The molecule has 1 aliphatic rings. The highest BCUT2D eigenvalue weighted by atomic mass is 32.2. The van der Waals surface area contributed by atoms with Crippen molar-refractivity contribution >= 4 is 33.1 Å². The van der Waals surface area contributed by atoms with Gasteiger partial charge in [-0.2, -0.15) is 0 Å². The number of hydrogen-bond donors (Lipinski definition) is 4. The molecule has 28 heavy (non-hydrogen) atoms. The van der Waals surface area contributed by atoms with Gasteiger partial charge in [0, 0.05) is 30.6 Å². The molecular formula is C17H23N7O3S. The number of primary amides is 1. The van der Waals surface area contributed by atoms with Crippen LogP contribution in [0.3, 0.4) is 0 Å². The lowest BCUT2D eigenvalue weighted by Crippen LogP contribution is -2.42. The van der Waals surface area contributed by atoms with Crippen molar-refractivity contribution < 1.29 is 13.2 Å². The number of nitrogens with two attached hydrogens (primary N) is 2. The van der Waals surface area contributed by atoms with Crippen molar-refractivity contribution in [2.75, 3.05) is 16.9 Å². The van der Waals surface area contributed by atoms with Crippen LogP contribution >= 0.6 is 0 Å². The molecule has 1 fully saturated rings. The van der Waals surface area contributed by atoms with Gasteiger partial charge in [0.25, 0.3) is 5.91 Å². The van der Waals surface area contributed by atoms with Gasteiger partial charge in [-0.05, 0) is 25.0 Å². The predicted octanol–water partition coefficient (Wildman–Crippen LogP) is 0.799. The second kappa shape index (κ2) is 8.07. The first-order chi connectivity index (χ1) is 13.2. The van der Waals surface area contributed by atoms with Crippen molar-refractivity contribution in [1.29, 1.82) is 0 Å². The Morgan fingerprint density at radius 3 is 2.54 bits per heavy atom. The van der Waals surface area contributed by atoms with Crippen LogP contribution in [0.1, 0.15) is 36.2 Å². The quantitative estimate of drug-likeness (QED) is 0.543. The highest BCUT2D eigenvalue weighted by Crippen LogP contribution is 2.24. The number of pyridine rings is 1. The summed E-state index contributed by atoms with van der Waals surface area (Å²) in [7, 11) is -3.35. The van der Waals surface area contributed by atoms with Crippen LogP contribution in [-0.2, 0) is 9.84 Å². The number of nitrogens with zero attached hydrogens (tertiary/aromatic N) is 3. The summed E-state index contributed by atoms with van der Waals surface area (Å²) in [5.74, 6) is 0.0505. The van der Waals surface area contributed by atoms with E-state index in [4.69, 9.17) is 11.5 Å². The summed E-state index contributed by atoms with van der Waals surface area (Å²) in [5, 5.41) is 14.1. The van der Waals surface area contributed by atoms with Gasteiger partial charge in [0.1, 0.15) is 5.82 Å². The first kappa shape index (κ1) is 20.0. The molecule has 0 radical (unpaired) electrons. The molecule has 150 valence electrons. The van der Waals surface area contributed by atoms with Gasteiger partial charge in [-0.15, -0.1) is 10.2 Å². The Morgan fingerprint density at radius 2 is 1.93 bits per heavy atom. The Hall–Kier alpha value is -2.79. The molecule has 11 heteroatoms. The van der Waals surface area contributed by atoms with Crippen LogP contribution in [0.2, 0.25) is 0 Å². The molecule has 6 N–H and O–H groups in total. The first-order valence-corrected chi connectivity index (χ1v) is 10.8. The van der Waals surface area contributed by atoms with E-state index in [-0.39, 0.29) is 22.7 Å². The normalized spacial score (nSPS) is 19.8. The zero-order chi connectivity index (χ0) is 20.3.